The smallest absolute Gasteiger partial charge is 0.329 e. The lowest BCUT2D eigenvalue weighted by Gasteiger charge is -2.30. The first-order valence-corrected chi connectivity index (χ1v) is 10.0. The molecule has 0 bridgehead atoms. The van der Waals surface area contributed by atoms with Crippen LogP contribution in [0.5, 0.6) is 0 Å². The van der Waals surface area contributed by atoms with Gasteiger partial charge < -0.3 is 19.4 Å². The number of rotatable bonds is 8. The lowest BCUT2D eigenvalue weighted by Crippen LogP contribution is -2.48. The minimum Gasteiger partial charge on any atom is -0.458 e. The quantitative estimate of drug-likeness (QED) is 0.375. The first-order valence-electron chi connectivity index (χ1n) is 10.0. The lowest BCUT2D eigenvalue weighted by molar-refractivity contribution is -0.384. The molecule has 1 aromatic carbocycles. The number of nitro benzene ring substituents is 1. The summed E-state index contributed by atoms with van der Waals surface area (Å²) in [6.45, 7) is 8.28. The molecular weight excluding hydrogens is 418 g/mol. The van der Waals surface area contributed by atoms with Gasteiger partial charge in [-0.25, -0.2) is 4.79 Å². The summed E-state index contributed by atoms with van der Waals surface area (Å²) < 4.78 is 11.1. The molecule has 1 aromatic heterocycles. The molecule has 0 radical (unpaired) electrons. The SMILES string of the molecule is CC(=O)NCCN(C(=O)c1ccc(-c2ccc([N+](=O)[O-])cc2)o1)[C@@H](C)C(=O)OC(C)(C)C. The van der Waals surface area contributed by atoms with Gasteiger partial charge in [0.15, 0.2) is 5.76 Å². The van der Waals surface area contributed by atoms with Crippen LogP contribution in [-0.4, -0.2) is 52.3 Å². The van der Waals surface area contributed by atoms with Crippen molar-refractivity contribution in [1.29, 1.82) is 0 Å². The zero-order valence-electron chi connectivity index (χ0n) is 18.7. The molecule has 2 amide bonds. The summed E-state index contributed by atoms with van der Waals surface area (Å²) in [7, 11) is 0. The zero-order valence-corrected chi connectivity index (χ0v) is 18.7. The topological polar surface area (TPSA) is 132 Å². The Morgan fingerprint density at radius 1 is 1.16 bits per heavy atom. The monoisotopic (exact) mass is 445 g/mol. The highest BCUT2D eigenvalue weighted by molar-refractivity contribution is 5.95. The van der Waals surface area contributed by atoms with Crippen molar-refractivity contribution in [2.75, 3.05) is 13.1 Å². The van der Waals surface area contributed by atoms with E-state index in [0.717, 1.165) is 0 Å². The highest BCUT2D eigenvalue weighted by Gasteiger charge is 2.31. The average molecular weight is 445 g/mol. The van der Waals surface area contributed by atoms with Crippen LogP contribution in [0.2, 0.25) is 0 Å². The van der Waals surface area contributed by atoms with E-state index in [-0.39, 0.29) is 30.4 Å². The van der Waals surface area contributed by atoms with Gasteiger partial charge in [-0.15, -0.1) is 0 Å². The van der Waals surface area contributed by atoms with E-state index in [9.17, 15) is 24.5 Å². The van der Waals surface area contributed by atoms with Crippen LogP contribution in [0.15, 0.2) is 40.8 Å². The van der Waals surface area contributed by atoms with E-state index in [0.29, 0.717) is 11.3 Å². The molecule has 0 spiro atoms. The van der Waals surface area contributed by atoms with Crippen LogP contribution >= 0.6 is 0 Å². The number of hydrogen-bond donors (Lipinski definition) is 1. The standard InChI is InChI=1S/C22H27N3O7/c1-14(21(28)32-22(3,4)5)24(13-12-23-15(2)26)20(27)19-11-10-18(31-19)16-6-8-17(9-7-16)25(29)30/h6-11,14H,12-13H2,1-5H3,(H,23,26)/t14-/m0/s1. The molecule has 2 rings (SSSR count). The van der Waals surface area contributed by atoms with Gasteiger partial charge in [0.2, 0.25) is 5.91 Å². The van der Waals surface area contributed by atoms with Gasteiger partial charge in [0.1, 0.15) is 17.4 Å². The second-order valence-corrected chi connectivity index (χ2v) is 8.16. The van der Waals surface area contributed by atoms with Crippen LogP contribution in [0.3, 0.4) is 0 Å². The van der Waals surface area contributed by atoms with Crippen LogP contribution < -0.4 is 5.32 Å². The van der Waals surface area contributed by atoms with Gasteiger partial charge in [0.25, 0.3) is 11.6 Å². The molecular formula is C22H27N3O7. The third kappa shape index (κ3) is 6.66. The summed E-state index contributed by atoms with van der Waals surface area (Å²) in [4.78, 5) is 48.5. The molecule has 0 saturated heterocycles. The van der Waals surface area contributed by atoms with E-state index in [2.05, 4.69) is 5.32 Å². The number of esters is 1. The first-order chi connectivity index (χ1) is 14.9. The summed E-state index contributed by atoms with van der Waals surface area (Å²) in [5, 5.41) is 13.4. The Labute approximate surface area is 185 Å². The zero-order chi connectivity index (χ0) is 24.1. The maximum atomic E-state index is 13.1. The Kier molecular flexibility index (Phi) is 7.74. The van der Waals surface area contributed by atoms with Crippen LogP contribution in [0.4, 0.5) is 5.69 Å². The van der Waals surface area contributed by atoms with Crippen LogP contribution in [-0.2, 0) is 14.3 Å². The molecule has 2 aromatic rings. The predicted molar refractivity (Wildman–Crippen MR) is 116 cm³/mol. The second kappa shape index (κ2) is 10.1. The molecule has 0 fully saturated rings. The van der Waals surface area contributed by atoms with Gasteiger partial charge in [-0.3, -0.25) is 19.7 Å². The number of carbonyl (C=O) groups is 3. The number of nitrogens with zero attached hydrogens (tertiary/aromatic N) is 2. The van der Waals surface area contributed by atoms with Crippen molar-refractivity contribution in [2.45, 2.75) is 46.3 Å². The molecule has 1 heterocycles. The van der Waals surface area contributed by atoms with Gasteiger partial charge in [-0.1, -0.05) is 0 Å². The fourth-order valence-electron chi connectivity index (χ4n) is 2.83. The molecule has 0 saturated carbocycles. The number of non-ortho nitro benzene ring substituents is 1. The number of nitrogens with one attached hydrogen (secondary N) is 1. The summed E-state index contributed by atoms with van der Waals surface area (Å²) in [5.41, 5.74) is -0.238. The number of benzene rings is 1. The lowest BCUT2D eigenvalue weighted by atomic mass is 10.1. The van der Waals surface area contributed by atoms with E-state index < -0.39 is 28.4 Å². The van der Waals surface area contributed by atoms with Gasteiger partial charge in [0, 0.05) is 37.7 Å². The Bertz CT molecular complexity index is 990. The Morgan fingerprint density at radius 2 is 1.78 bits per heavy atom. The number of ether oxygens (including phenoxy) is 1. The number of nitro groups is 1. The third-order valence-corrected chi connectivity index (χ3v) is 4.38. The second-order valence-electron chi connectivity index (χ2n) is 8.16. The highest BCUT2D eigenvalue weighted by Crippen LogP contribution is 2.25. The molecule has 0 aliphatic rings. The Balaban J connectivity index is 2.25. The molecule has 0 aliphatic carbocycles. The van der Waals surface area contributed by atoms with Gasteiger partial charge in [-0.05, 0) is 52.0 Å². The van der Waals surface area contributed by atoms with Crippen molar-refractivity contribution in [3.05, 3.63) is 52.3 Å². The van der Waals surface area contributed by atoms with E-state index >= 15 is 0 Å². The largest absolute Gasteiger partial charge is 0.458 e. The molecule has 32 heavy (non-hydrogen) atoms. The number of hydrogen-bond acceptors (Lipinski definition) is 7. The van der Waals surface area contributed by atoms with Crippen LogP contribution in [0.25, 0.3) is 11.3 Å². The molecule has 172 valence electrons. The van der Waals surface area contributed by atoms with Crippen LogP contribution in [0.1, 0.15) is 45.2 Å². The molecule has 1 atom stereocenters. The maximum absolute atomic E-state index is 13.1. The molecule has 1 N–H and O–H groups in total. The molecule has 0 aliphatic heterocycles. The van der Waals surface area contributed by atoms with E-state index in [1.54, 1.807) is 33.8 Å². The Morgan fingerprint density at radius 3 is 2.31 bits per heavy atom. The number of carbonyl (C=O) groups excluding carboxylic acids is 3. The third-order valence-electron chi connectivity index (χ3n) is 4.38. The van der Waals surface area contributed by atoms with Crippen molar-refractivity contribution >= 4 is 23.5 Å². The molecule has 10 nitrogen and oxygen atoms in total. The number of furan rings is 1. The van der Waals surface area contributed by atoms with Gasteiger partial charge in [0.05, 0.1) is 4.92 Å². The normalized spacial score (nSPS) is 12.0. The highest BCUT2D eigenvalue weighted by atomic mass is 16.6. The van der Waals surface area contributed by atoms with Crippen molar-refractivity contribution in [3.63, 3.8) is 0 Å². The van der Waals surface area contributed by atoms with E-state index in [1.165, 1.54) is 42.2 Å². The first kappa shape index (κ1) is 24.6. The number of amides is 2. The van der Waals surface area contributed by atoms with E-state index in [4.69, 9.17) is 9.15 Å². The summed E-state index contributed by atoms with van der Waals surface area (Å²) in [6, 6.07) is 7.81. The fraction of sp³-hybridized carbons (Fsp3) is 0.409. The van der Waals surface area contributed by atoms with Crippen molar-refractivity contribution in [1.82, 2.24) is 10.2 Å². The Hall–Kier alpha value is -3.69. The predicted octanol–water partition coefficient (Wildman–Crippen LogP) is 3.16. The maximum Gasteiger partial charge on any atom is 0.329 e. The summed E-state index contributed by atoms with van der Waals surface area (Å²) >= 11 is 0. The van der Waals surface area contributed by atoms with Crippen molar-refractivity contribution in [2.24, 2.45) is 0 Å². The van der Waals surface area contributed by atoms with Gasteiger partial charge in [-0.2, -0.15) is 0 Å². The van der Waals surface area contributed by atoms with E-state index in [1.807, 2.05) is 0 Å². The average Bonchev–Trinajstić information content (AvgIpc) is 3.19. The molecule has 0 unspecified atom stereocenters. The summed E-state index contributed by atoms with van der Waals surface area (Å²) in [6.07, 6.45) is 0. The fourth-order valence-corrected chi connectivity index (χ4v) is 2.83. The minimum atomic E-state index is -0.927. The van der Waals surface area contributed by atoms with Gasteiger partial charge >= 0.3 is 5.97 Å². The van der Waals surface area contributed by atoms with Crippen LogP contribution in [0, 0.1) is 10.1 Å². The van der Waals surface area contributed by atoms with Crippen molar-refractivity contribution in [3.8, 4) is 11.3 Å². The van der Waals surface area contributed by atoms with Crippen molar-refractivity contribution < 1.29 is 28.5 Å². The minimum absolute atomic E-state index is 0.0170. The molecule has 10 heteroatoms. The summed E-state index contributed by atoms with van der Waals surface area (Å²) in [5.74, 6) is -1.08.